The highest BCUT2D eigenvalue weighted by Crippen LogP contribution is 2.17. The van der Waals surface area contributed by atoms with Crippen molar-refractivity contribution in [2.75, 3.05) is 13.1 Å². The maximum absolute atomic E-state index is 13.3. The van der Waals surface area contributed by atoms with E-state index < -0.39 is 0 Å². The van der Waals surface area contributed by atoms with E-state index in [1.807, 2.05) is 0 Å². The van der Waals surface area contributed by atoms with Crippen molar-refractivity contribution in [3.8, 4) is 0 Å². The van der Waals surface area contributed by atoms with Crippen LogP contribution in [0.3, 0.4) is 0 Å². The van der Waals surface area contributed by atoms with Crippen molar-refractivity contribution in [1.82, 2.24) is 4.90 Å². The van der Waals surface area contributed by atoms with E-state index in [0.29, 0.717) is 11.5 Å². The molecular formula is C16H25FN2S. The number of benzene rings is 1. The summed E-state index contributed by atoms with van der Waals surface area (Å²) in [5, 5.41) is 0. The largest absolute Gasteiger partial charge is 0.389 e. The van der Waals surface area contributed by atoms with Crippen LogP contribution in [0.2, 0.25) is 0 Å². The molecule has 0 spiro atoms. The zero-order chi connectivity index (χ0) is 15.1. The lowest BCUT2D eigenvalue weighted by Gasteiger charge is -2.26. The number of nitrogens with two attached hydrogens (primary N) is 1. The summed E-state index contributed by atoms with van der Waals surface area (Å²) < 4.78 is 13.3. The standard InChI is InChI=1S/C16H25FN2S/c1-4-12(5-2)10-19(6-3)11-13-7-8-14(17)9-15(13)16(18)20/h7-9,12H,4-6,10-11H2,1-3H3,(H2,18,20). The van der Waals surface area contributed by atoms with E-state index in [2.05, 4.69) is 25.7 Å². The molecule has 2 nitrogen and oxygen atoms in total. The number of halogens is 1. The molecule has 1 aromatic carbocycles. The van der Waals surface area contributed by atoms with Gasteiger partial charge in [0.15, 0.2) is 0 Å². The summed E-state index contributed by atoms with van der Waals surface area (Å²) >= 11 is 5.02. The van der Waals surface area contributed by atoms with Crippen LogP contribution >= 0.6 is 12.2 Å². The molecule has 0 bridgehead atoms. The van der Waals surface area contributed by atoms with Crippen molar-refractivity contribution in [3.63, 3.8) is 0 Å². The van der Waals surface area contributed by atoms with E-state index in [-0.39, 0.29) is 10.8 Å². The zero-order valence-electron chi connectivity index (χ0n) is 12.7. The Morgan fingerprint density at radius 2 is 1.95 bits per heavy atom. The number of thiocarbonyl (C=S) groups is 1. The number of hydrogen-bond donors (Lipinski definition) is 1. The maximum Gasteiger partial charge on any atom is 0.123 e. The SMILES string of the molecule is CCC(CC)CN(CC)Cc1ccc(F)cc1C(N)=S. The van der Waals surface area contributed by atoms with Crippen LogP contribution in [-0.4, -0.2) is 23.0 Å². The Morgan fingerprint density at radius 1 is 1.30 bits per heavy atom. The molecule has 0 radical (unpaired) electrons. The van der Waals surface area contributed by atoms with E-state index in [9.17, 15) is 4.39 Å². The predicted molar refractivity (Wildman–Crippen MR) is 87.3 cm³/mol. The van der Waals surface area contributed by atoms with E-state index in [4.69, 9.17) is 18.0 Å². The third-order valence-electron chi connectivity index (χ3n) is 3.85. The van der Waals surface area contributed by atoms with Crippen LogP contribution in [0.15, 0.2) is 18.2 Å². The highest BCUT2D eigenvalue weighted by Gasteiger charge is 2.13. The van der Waals surface area contributed by atoms with Crippen molar-refractivity contribution in [3.05, 3.63) is 35.1 Å². The smallest absolute Gasteiger partial charge is 0.123 e. The highest BCUT2D eigenvalue weighted by atomic mass is 32.1. The summed E-state index contributed by atoms with van der Waals surface area (Å²) in [5.74, 6) is 0.406. The van der Waals surface area contributed by atoms with Gasteiger partial charge in [-0.1, -0.05) is 51.9 Å². The van der Waals surface area contributed by atoms with E-state index >= 15 is 0 Å². The Bertz CT molecular complexity index is 444. The van der Waals surface area contributed by atoms with Gasteiger partial charge in [0, 0.05) is 18.7 Å². The molecule has 2 N–H and O–H groups in total. The predicted octanol–water partition coefficient (Wildman–Crippen LogP) is 3.72. The molecule has 0 saturated carbocycles. The first kappa shape index (κ1) is 17.1. The molecule has 112 valence electrons. The molecule has 0 heterocycles. The second-order valence-electron chi connectivity index (χ2n) is 5.18. The molecule has 0 fully saturated rings. The van der Waals surface area contributed by atoms with Crippen LogP contribution in [0.4, 0.5) is 4.39 Å². The summed E-state index contributed by atoms with van der Waals surface area (Å²) in [6.45, 7) is 9.37. The molecule has 0 aliphatic heterocycles. The van der Waals surface area contributed by atoms with Crippen LogP contribution in [0.1, 0.15) is 44.7 Å². The van der Waals surface area contributed by atoms with E-state index in [0.717, 1.165) is 25.2 Å². The normalized spacial score (nSPS) is 11.3. The Balaban J connectivity index is 2.87. The molecule has 0 saturated heterocycles. The fourth-order valence-electron chi connectivity index (χ4n) is 2.37. The third kappa shape index (κ3) is 4.84. The molecule has 4 heteroatoms. The summed E-state index contributed by atoms with van der Waals surface area (Å²) in [6, 6.07) is 4.70. The first-order valence-corrected chi connectivity index (χ1v) is 7.73. The summed E-state index contributed by atoms with van der Waals surface area (Å²) in [6.07, 6.45) is 2.36. The lowest BCUT2D eigenvalue weighted by Crippen LogP contribution is -2.29. The minimum Gasteiger partial charge on any atom is -0.389 e. The molecule has 0 aromatic heterocycles. The minimum atomic E-state index is -0.292. The van der Waals surface area contributed by atoms with Crippen LogP contribution in [-0.2, 0) is 6.54 Å². The molecule has 0 atom stereocenters. The van der Waals surface area contributed by atoms with E-state index in [1.54, 1.807) is 6.07 Å². The lowest BCUT2D eigenvalue weighted by molar-refractivity contribution is 0.226. The first-order chi connectivity index (χ1) is 9.51. The van der Waals surface area contributed by atoms with Gasteiger partial charge in [0.25, 0.3) is 0 Å². The van der Waals surface area contributed by atoms with Gasteiger partial charge in [-0.15, -0.1) is 0 Å². The third-order valence-corrected chi connectivity index (χ3v) is 4.07. The fourth-order valence-corrected chi connectivity index (χ4v) is 2.56. The van der Waals surface area contributed by atoms with Crippen molar-refractivity contribution < 1.29 is 4.39 Å². The monoisotopic (exact) mass is 296 g/mol. The number of rotatable bonds is 8. The van der Waals surface area contributed by atoms with Crippen molar-refractivity contribution in [2.24, 2.45) is 11.7 Å². The average molecular weight is 296 g/mol. The molecule has 1 rings (SSSR count). The van der Waals surface area contributed by atoms with Gasteiger partial charge >= 0.3 is 0 Å². The average Bonchev–Trinajstić information content (AvgIpc) is 2.44. The van der Waals surface area contributed by atoms with Crippen LogP contribution in [0.25, 0.3) is 0 Å². The topological polar surface area (TPSA) is 29.3 Å². The van der Waals surface area contributed by atoms with Crippen molar-refractivity contribution in [2.45, 2.75) is 40.2 Å². The second kappa shape index (κ2) is 8.32. The Kier molecular flexibility index (Phi) is 7.10. The summed E-state index contributed by atoms with van der Waals surface area (Å²) in [7, 11) is 0. The molecule has 0 aliphatic rings. The van der Waals surface area contributed by atoms with Crippen LogP contribution in [0, 0.1) is 11.7 Å². The Morgan fingerprint density at radius 3 is 2.45 bits per heavy atom. The maximum atomic E-state index is 13.3. The van der Waals surface area contributed by atoms with Crippen molar-refractivity contribution >= 4 is 17.2 Å². The van der Waals surface area contributed by atoms with Gasteiger partial charge in [-0.3, -0.25) is 4.90 Å². The Labute approximate surface area is 127 Å². The molecule has 0 aliphatic carbocycles. The molecule has 1 aromatic rings. The first-order valence-electron chi connectivity index (χ1n) is 7.32. The minimum absolute atomic E-state index is 0.262. The number of hydrogen-bond acceptors (Lipinski definition) is 2. The van der Waals surface area contributed by atoms with E-state index in [1.165, 1.54) is 25.0 Å². The van der Waals surface area contributed by atoms with Gasteiger partial charge < -0.3 is 5.73 Å². The zero-order valence-corrected chi connectivity index (χ0v) is 13.5. The highest BCUT2D eigenvalue weighted by molar-refractivity contribution is 7.80. The van der Waals surface area contributed by atoms with Crippen LogP contribution in [0.5, 0.6) is 0 Å². The number of nitrogens with zero attached hydrogens (tertiary/aromatic N) is 1. The lowest BCUT2D eigenvalue weighted by atomic mass is 10.0. The molecule has 20 heavy (non-hydrogen) atoms. The van der Waals surface area contributed by atoms with Gasteiger partial charge in [0.1, 0.15) is 10.8 Å². The summed E-state index contributed by atoms with van der Waals surface area (Å²) in [4.78, 5) is 2.63. The fraction of sp³-hybridized carbons (Fsp3) is 0.562. The molecule has 0 amide bonds. The molecular weight excluding hydrogens is 271 g/mol. The summed E-state index contributed by atoms with van der Waals surface area (Å²) in [5.41, 5.74) is 7.36. The van der Waals surface area contributed by atoms with Crippen molar-refractivity contribution in [1.29, 1.82) is 0 Å². The second-order valence-corrected chi connectivity index (χ2v) is 5.62. The van der Waals surface area contributed by atoms with Gasteiger partial charge in [0.05, 0.1) is 0 Å². The van der Waals surface area contributed by atoms with Gasteiger partial charge in [-0.25, -0.2) is 4.39 Å². The Hall–Kier alpha value is -1.00. The van der Waals surface area contributed by atoms with Crippen LogP contribution < -0.4 is 5.73 Å². The van der Waals surface area contributed by atoms with Gasteiger partial charge in [-0.2, -0.15) is 0 Å². The van der Waals surface area contributed by atoms with Gasteiger partial charge in [0.2, 0.25) is 0 Å². The molecule has 0 unspecified atom stereocenters. The quantitative estimate of drug-likeness (QED) is 0.741. The van der Waals surface area contributed by atoms with Gasteiger partial charge in [-0.05, 0) is 30.2 Å².